The van der Waals surface area contributed by atoms with Crippen molar-refractivity contribution in [2.75, 3.05) is 36.4 Å². The van der Waals surface area contributed by atoms with Crippen LogP contribution in [0.3, 0.4) is 0 Å². The van der Waals surface area contributed by atoms with Gasteiger partial charge in [-0.25, -0.2) is 14.4 Å². The van der Waals surface area contributed by atoms with Crippen molar-refractivity contribution in [1.29, 1.82) is 0 Å². The maximum absolute atomic E-state index is 13.6. The fraction of sp³-hybridized carbons (Fsp3) is 0.500. The van der Waals surface area contributed by atoms with Gasteiger partial charge in [-0.1, -0.05) is 65.0 Å². The van der Waals surface area contributed by atoms with E-state index in [0.717, 1.165) is 5.56 Å². The number of thioether (sulfide) groups is 1. The summed E-state index contributed by atoms with van der Waals surface area (Å²) < 4.78 is 9.83. The van der Waals surface area contributed by atoms with Crippen LogP contribution in [0.4, 0.5) is 16.2 Å². The van der Waals surface area contributed by atoms with Crippen molar-refractivity contribution in [3.05, 3.63) is 60.2 Å². The number of hydrogen-bond donors (Lipinski definition) is 4. The third-order valence-corrected chi connectivity index (χ3v) is 7.87. The minimum Gasteiger partial charge on any atom is -0.467 e. The zero-order valence-corrected chi connectivity index (χ0v) is 28.6. The van der Waals surface area contributed by atoms with Crippen LogP contribution in [0.1, 0.15) is 65.4 Å². The Hall–Kier alpha value is -4.06. The van der Waals surface area contributed by atoms with Crippen LogP contribution in [0.15, 0.2) is 54.6 Å². The van der Waals surface area contributed by atoms with Gasteiger partial charge in [0.15, 0.2) is 0 Å². The highest BCUT2D eigenvalue weighted by molar-refractivity contribution is 7.99. The van der Waals surface area contributed by atoms with Crippen molar-refractivity contribution in [3.8, 4) is 0 Å². The normalized spacial score (nSPS) is 13.1. The number of hydrogen-bond acceptors (Lipinski definition) is 8. The lowest BCUT2D eigenvalue weighted by molar-refractivity contribution is -0.145. The molecule has 0 aliphatic rings. The van der Waals surface area contributed by atoms with Crippen LogP contribution < -0.4 is 21.3 Å². The smallest absolute Gasteiger partial charge is 0.329 e. The summed E-state index contributed by atoms with van der Waals surface area (Å²) in [4.78, 5) is 63.3. The molecular formula is C34H48N4O7S. The molecule has 11 nitrogen and oxygen atoms in total. The van der Waals surface area contributed by atoms with Crippen LogP contribution >= 0.6 is 11.8 Å². The third kappa shape index (κ3) is 13.9. The van der Waals surface area contributed by atoms with E-state index in [1.807, 2.05) is 52.8 Å². The fourth-order valence-electron chi connectivity index (χ4n) is 4.58. The summed E-state index contributed by atoms with van der Waals surface area (Å²) >= 11 is 1.36. The Morgan fingerprint density at radius 2 is 1.35 bits per heavy atom. The summed E-state index contributed by atoms with van der Waals surface area (Å²) in [6, 6.07) is 14.0. The average Bonchev–Trinajstić information content (AvgIpc) is 2.99. The second-order valence-corrected chi connectivity index (χ2v) is 13.7. The van der Waals surface area contributed by atoms with Gasteiger partial charge in [0.2, 0.25) is 11.8 Å². The molecule has 4 N–H and O–H groups in total. The van der Waals surface area contributed by atoms with Gasteiger partial charge in [-0.3, -0.25) is 9.59 Å². The lowest BCUT2D eigenvalue weighted by Crippen LogP contribution is -2.45. The molecule has 0 bridgehead atoms. The molecular weight excluding hydrogens is 608 g/mol. The standard InChI is InChI=1S/C34H48N4O7S/c1-22(2)19-26(23-13-15-25(16-14-23)36-33(43)35-24-11-9-8-10-12-24)30(40)38-27(31(41)44-6)17-18-46-21-28(32(42)45-7)37-29(39)20-34(3,4)5/h8-16,22,26-28H,17-21H2,1-7H3,(H,37,39)(H,38,40)(H2,35,36,43)/t26?,27-,28+/m0/s1. The number of anilines is 2. The molecule has 0 spiro atoms. The minimum absolute atomic E-state index is 0.182. The molecule has 2 aromatic rings. The number of carbonyl (C=O) groups excluding carboxylic acids is 5. The Balaban J connectivity index is 2.04. The van der Waals surface area contributed by atoms with Crippen LogP contribution in [0.5, 0.6) is 0 Å². The van der Waals surface area contributed by atoms with Crippen molar-refractivity contribution < 1.29 is 33.4 Å². The molecule has 0 fully saturated rings. The van der Waals surface area contributed by atoms with Crippen LogP contribution in [-0.4, -0.2) is 67.6 Å². The summed E-state index contributed by atoms with van der Waals surface area (Å²) in [5.74, 6) is -1.43. The van der Waals surface area contributed by atoms with Crippen LogP contribution in [0.2, 0.25) is 0 Å². The predicted octanol–water partition coefficient (Wildman–Crippen LogP) is 5.34. The van der Waals surface area contributed by atoms with Gasteiger partial charge in [-0.05, 0) is 59.8 Å². The maximum atomic E-state index is 13.6. The molecule has 0 aliphatic heterocycles. The molecule has 0 radical (unpaired) electrons. The predicted molar refractivity (Wildman–Crippen MR) is 182 cm³/mol. The first-order valence-corrected chi connectivity index (χ1v) is 16.4. The molecule has 0 saturated heterocycles. The molecule has 4 amide bonds. The number of nitrogens with one attached hydrogen (secondary N) is 4. The Kier molecular flexibility index (Phi) is 15.6. The highest BCUT2D eigenvalue weighted by Gasteiger charge is 2.29. The number of para-hydroxylation sites is 1. The first-order valence-electron chi connectivity index (χ1n) is 15.3. The Morgan fingerprint density at radius 3 is 1.89 bits per heavy atom. The van der Waals surface area contributed by atoms with E-state index in [1.165, 1.54) is 26.0 Å². The third-order valence-electron chi connectivity index (χ3n) is 6.78. The highest BCUT2D eigenvalue weighted by Crippen LogP contribution is 2.26. The Bertz CT molecular complexity index is 1300. The zero-order chi connectivity index (χ0) is 34.3. The number of esters is 2. The second kappa shape index (κ2) is 18.8. The number of ether oxygens (including phenoxy) is 2. The summed E-state index contributed by atoms with van der Waals surface area (Å²) in [5.41, 5.74) is 1.72. The van der Waals surface area contributed by atoms with Gasteiger partial charge in [0.05, 0.1) is 20.1 Å². The number of urea groups is 1. The molecule has 1 unspecified atom stereocenters. The van der Waals surface area contributed by atoms with Gasteiger partial charge in [-0.2, -0.15) is 11.8 Å². The average molecular weight is 657 g/mol. The monoisotopic (exact) mass is 656 g/mol. The van der Waals surface area contributed by atoms with Crippen molar-refractivity contribution in [1.82, 2.24) is 10.6 Å². The fourth-order valence-corrected chi connectivity index (χ4v) is 5.61. The summed E-state index contributed by atoms with van der Waals surface area (Å²) in [5, 5.41) is 11.1. The van der Waals surface area contributed by atoms with Crippen LogP contribution in [-0.2, 0) is 28.7 Å². The van der Waals surface area contributed by atoms with E-state index in [2.05, 4.69) is 21.3 Å². The first-order chi connectivity index (χ1) is 21.7. The van der Waals surface area contributed by atoms with E-state index in [0.29, 0.717) is 23.5 Å². The highest BCUT2D eigenvalue weighted by atomic mass is 32.2. The van der Waals surface area contributed by atoms with Gasteiger partial charge < -0.3 is 30.7 Å². The molecule has 12 heteroatoms. The van der Waals surface area contributed by atoms with Crippen molar-refractivity contribution in [2.24, 2.45) is 11.3 Å². The van der Waals surface area contributed by atoms with E-state index in [1.54, 1.807) is 36.4 Å². The van der Waals surface area contributed by atoms with Crippen LogP contribution in [0.25, 0.3) is 0 Å². The van der Waals surface area contributed by atoms with E-state index in [9.17, 15) is 24.0 Å². The SMILES string of the molecule is COC(=O)[C@H](CCSC[C@@H](NC(=O)CC(C)(C)C)C(=O)OC)NC(=O)C(CC(C)C)c1ccc(NC(=O)Nc2ccccc2)cc1. The van der Waals surface area contributed by atoms with Crippen molar-refractivity contribution in [3.63, 3.8) is 0 Å². The maximum Gasteiger partial charge on any atom is 0.329 e. The van der Waals surface area contributed by atoms with E-state index in [-0.39, 0.29) is 47.8 Å². The van der Waals surface area contributed by atoms with Crippen molar-refractivity contribution in [2.45, 2.75) is 71.9 Å². The molecule has 0 saturated carbocycles. The molecule has 0 aromatic heterocycles. The molecule has 2 aromatic carbocycles. The van der Waals surface area contributed by atoms with Gasteiger partial charge in [0.1, 0.15) is 12.1 Å². The number of rotatable bonds is 16. The van der Waals surface area contributed by atoms with E-state index < -0.39 is 29.9 Å². The summed E-state index contributed by atoms with van der Waals surface area (Å²) in [6.45, 7) is 9.82. The van der Waals surface area contributed by atoms with Gasteiger partial charge >= 0.3 is 18.0 Å². The van der Waals surface area contributed by atoms with E-state index >= 15 is 0 Å². The summed E-state index contributed by atoms with van der Waals surface area (Å²) in [7, 11) is 2.52. The largest absolute Gasteiger partial charge is 0.467 e. The van der Waals surface area contributed by atoms with E-state index in [4.69, 9.17) is 9.47 Å². The molecule has 0 heterocycles. The quantitative estimate of drug-likeness (QED) is 0.140. The number of methoxy groups -OCH3 is 2. The lowest BCUT2D eigenvalue weighted by atomic mass is 9.89. The Labute approximate surface area is 276 Å². The zero-order valence-electron chi connectivity index (χ0n) is 27.8. The number of benzene rings is 2. The minimum atomic E-state index is -0.908. The Morgan fingerprint density at radius 1 is 0.783 bits per heavy atom. The first kappa shape index (κ1) is 38.1. The lowest BCUT2D eigenvalue weighted by Gasteiger charge is -2.23. The molecule has 2 rings (SSSR count). The molecule has 46 heavy (non-hydrogen) atoms. The molecule has 0 aliphatic carbocycles. The molecule has 252 valence electrons. The number of carbonyl (C=O) groups is 5. The number of amides is 4. The topological polar surface area (TPSA) is 152 Å². The summed E-state index contributed by atoms with van der Waals surface area (Å²) in [6.07, 6.45) is 1.04. The van der Waals surface area contributed by atoms with Gasteiger partial charge in [0, 0.05) is 23.5 Å². The van der Waals surface area contributed by atoms with Gasteiger partial charge in [0.25, 0.3) is 0 Å². The van der Waals surface area contributed by atoms with Gasteiger partial charge in [-0.15, -0.1) is 0 Å². The molecule has 3 atom stereocenters. The van der Waals surface area contributed by atoms with Crippen LogP contribution in [0, 0.1) is 11.3 Å². The second-order valence-electron chi connectivity index (χ2n) is 12.6. The van der Waals surface area contributed by atoms with Crippen molar-refractivity contribution >= 4 is 52.9 Å².